The fraction of sp³-hybridized carbons (Fsp3) is 0.533. The first-order valence-electron chi connectivity index (χ1n) is 7.29. The summed E-state index contributed by atoms with van der Waals surface area (Å²) in [7, 11) is -1.95. The van der Waals surface area contributed by atoms with Crippen molar-refractivity contribution in [3.8, 4) is 0 Å². The van der Waals surface area contributed by atoms with Gasteiger partial charge in [0.05, 0.1) is 10.3 Å². The van der Waals surface area contributed by atoms with Gasteiger partial charge in [-0.05, 0) is 36.6 Å². The molecule has 1 spiro atoms. The van der Waals surface area contributed by atoms with E-state index < -0.39 is 21.3 Å². The van der Waals surface area contributed by atoms with Crippen LogP contribution < -0.4 is 0 Å². The molecule has 5 nitrogen and oxygen atoms in total. The molecule has 0 saturated carbocycles. The zero-order valence-corrected chi connectivity index (χ0v) is 13.4. The maximum absolute atomic E-state index is 13.0. The Kier molecular flexibility index (Phi) is 3.52. The third-order valence-electron chi connectivity index (χ3n) is 5.00. The molecule has 0 unspecified atom stereocenters. The molecule has 1 amide bonds. The lowest BCUT2D eigenvalue weighted by Gasteiger charge is -2.25. The van der Waals surface area contributed by atoms with Crippen LogP contribution in [0.2, 0.25) is 0 Å². The monoisotopic (exact) mass is 326 g/mol. The van der Waals surface area contributed by atoms with Crippen LogP contribution >= 0.6 is 0 Å². The first kappa shape index (κ1) is 15.4. The van der Waals surface area contributed by atoms with Crippen molar-refractivity contribution in [3.63, 3.8) is 0 Å². The van der Waals surface area contributed by atoms with Crippen LogP contribution in [0.1, 0.15) is 13.3 Å². The lowest BCUT2D eigenvalue weighted by molar-refractivity contribution is -0.135. The van der Waals surface area contributed by atoms with Crippen molar-refractivity contribution in [1.29, 1.82) is 0 Å². The predicted octanol–water partition coefficient (Wildman–Crippen LogP) is 1.31. The van der Waals surface area contributed by atoms with Crippen LogP contribution in [-0.2, 0) is 14.8 Å². The lowest BCUT2D eigenvalue weighted by Crippen LogP contribution is -2.39. The van der Waals surface area contributed by atoms with Crippen LogP contribution in [-0.4, -0.2) is 50.2 Å². The van der Waals surface area contributed by atoms with Crippen molar-refractivity contribution in [1.82, 2.24) is 9.21 Å². The SMILES string of the molecule is C[C@H]1CN(S(=O)(=O)c2ccc(F)cc2)C[C@@]12CCN(C)C2=O. The van der Waals surface area contributed by atoms with Crippen molar-refractivity contribution in [2.75, 3.05) is 26.7 Å². The highest BCUT2D eigenvalue weighted by Crippen LogP contribution is 2.45. The van der Waals surface area contributed by atoms with Crippen molar-refractivity contribution in [3.05, 3.63) is 30.1 Å². The largest absolute Gasteiger partial charge is 0.345 e. The molecule has 3 rings (SSSR count). The molecular weight excluding hydrogens is 307 g/mol. The highest BCUT2D eigenvalue weighted by atomic mass is 32.2. The van der Waals surface area contributed by atoms with Crippen molar-refractivity contribution >= 4 is 15.9 Å². The average Bonchev–Trinajstić information content (AvgIpc) is 2.96. The van der Waals surface area contributed by atoms with E-state index in [1.807, 2.05) is 6.92 Å². The van der Waals surface area contributed by atoms with Crippen LogP contribution in [0.5, 0.6) is 0 Å². The molecule has 0 bridgehead atoms. The molecule has 2 saturated heterocycles. The van der Waals surface area contributed by atoms with Crippen molar-refractivity contribution in [2.45, 2.75) is 18.2 Å². The summed E-state index contributed by atoms with van der Waals surface area (Å²) in [5.74, 6) is -0.477. The number of amides is 1. The summed E-state index contributed by atoms with van der Waals surface area (Å²) in [4.78, 5) is 14.2. The van der Waals surface area contributed by atoms with Crippen LogP contribution in [0.15, 0.2) is 29.2 Å². The van der Waals surface area contributed by atoms with Gasteiger partial charge in [0.1, 0.15) is 5.82 Å². The lowest BCUT2D eigenvalue weighted by atomic mass is 9.78. The standard InChI is InChI=1S/C15H19FN2O3S/c1-11-9-18(10-15(11)7-8-17(2)14(15)19)22(20,21)13-5-3-12(16)4-6-13/h3-6,11H,7-10H2,1-2H3/t11-,15-/m0/s1. The Morgan fingerprint density at radius 1 is 1.27 bits per heavy atom. The molecule has 2 fully saturated rings. The molecule has 2 aliphatic rings. The van der Waals surface area contributed by atoms with E-state index in [0.29, 0.717) is 19.5 Å². The van der Waals surface area contributed by atoms with E-state index in [9.17, 15) is 17.6 Å². The first-order valence-corrected chi connectivity index (χ1v) is 8.73. The summed E-state index contributed by atoms with van der Waals surface area (Å²) in [6.07, 6.45) is 0.680. The molecule has 2 atom stereocenters. The maximum Gasteiger partial charge on any atom is 0.243 e. The van der Waals surface area contributed by atoms with Gasteiger partial charge in [-0.25, -0.2) is 12.8 Å². The number of carbonyl (C=O) groups is 1. The number of halogens is 1. The molecule has 0 aromatic heterocycles. The number of nitrogens with zero attached hydrogens (tertiary/aromatic N) is 2. The van der Waals surface area contributed by atoms with Crippen LogP contribution in [0, 0.1) is 17.2 Å². The Morgan fingerprint density at radius 3 is 2.45 bits per heavy atom. The van der Waals surface area contributed by atoms with E-state index in [-0.39, 0.29) is 23.3 Å². The highest BCUT2D eigenvalue weighted by molar-refractivity contribution is 7.89. The first-order chi connectivity index (χ1) is 10.3. The van der Waals surface area contributed by atoms with Gasteiger partial charge >= 0.3 is 0 Å². The van der Waals surface area contributed by atoms with Gasteiger partial charge < -0.3 is 4.90 Å². The molecule has 2 aliphatic heterocycles. The zero-order valence-electron chi connectivity index (χ0n) is 12.6. The summed E-state index contributed by atoms with van der Waals surface area (Å²) in [5.41, 5.74) is -0.609. The van der Waals surface area contributed by atoms with E-state index in [1.54, 1.807) is 11.9 Å². The van der Waals surface area contributed by atoms with E-state index >= 15 is 0 Å². The second-order valence-corrected chi connectivity index (χ2v) is 8.22. The van der Waals surface area contributed by atoms with Gasteiger partial charge in [0, 0.05) is 26.7 Å². The number of likely N-dealkylation sites (tertiary alicyclic amines) is 1. The normalized spacial score (nSPS) is 29.7. The van der Waals surface area contributed by atoms with Gasteiger partial charge in [0.25, 0.3) is 0 Å². The minimum absolute atomic E-state index is 0.0248. The van der Waals surface area contributed by atoms with Crippen LogP contribution in [0.3, 0.4) is 0 Å². The smallest absolute Gasteiger partial charge is 0.243 e. The third kappa shape index (κ3) is 2.14. The molecule has 1 aromatic rings. The van der Waals surface area contributed by atoms with Crippen molar-refractivity contribution < 1.29 is 17.6 Å². The predicted molar refractivity (Wildman–Crippen MR) is 79.0 cm³/mol. The summed E-state index contributed by atoms with van der Waals surface area (Å²) >= 11 is 0. The van der Waals surface area contributed by atoms with E-state index in [4.69, 9.17) is 0 Å². The molecule has 0 radical (unpaired) electrons. The molecule has 0 aliphatic carbocycles. The second-order valence-electron chi connectivity index (χ2n) is 6.29. The summed E-state index contributed by atoms with van der Waals surface area (Å²) < 4.78 is 39.7. The van der Waals surface area contributed by atoms with Crippen molar-refractivity contribution in [2.24, 2.45) is 11.3 Å². The number of benzene rings is 1. The average molecular weight is 326 g/mol. The number of rotatable bonds is 2. The fourth-order valence-electron chi connectivity index (χ4n) is 3.51. The summed E-state index contributed by atoms with van der Waals surface area (Å²) in [5, 5.41) is 0. The number of carbonyl (C=O) groups excluding carboxylic acids is 1. The number of sulfonamides is 1. The molecule has 0 N–H and O–H groups in total. The van der Waals surface area contributed by atoms with Gasteiger partial charge in [0.2, 0.25) is 15.9 Å². The van der Waals surface area contributed by atoms with E-state index in [2.05, 4.69) is 0 Å². The Morgan fingerprint density at radius 2 is 1.91 bits per heavy atom. The Balaban J connectivity index is 1.91. The molecule has 2 heterocycles. The van der Waals surface area contributed by atoms with Gasteiger partial charge in [-0.2, -0.15) is 4.31 Å². The van der Waals surface area contributed by atoms with Gasteiger partial charge in [-0.15, -0.1) is 0 Å². The topological polar surface area (TPSA) is 57.7 Å². The minimum atomic E-state index is -3.70. The zero-order chi connectivity index (χ0) is 16.1. The van der Waals surface area contributed by atoms with E-state index in [1.165, 1.54) is 16.4 Å². The van der Waals surface area contributed by atoms with Gasteiger partial charge in [-0.1, -0.05) is 6.92 Å². The molecular formula is C15H19FN2O3S. The third-order valence-corrected chi connectivity index (χ3v) is 6.82. The van der Waals surface area contributed by atoms with Gasteiger partial charge in [0.15, 0.2) is 0 Å². The maximum atomic E-state index is 13.0. The summed E-state index contributed by atoms with van der Waals surface area (Å²) in [6, 6.07) is 4.80. The van der Waals surface area contributed by atoms with E-state index in [0.717, 1.165) is 12.1 Å². The second kappa shape index (κ2) is 5.03. The number of hydrogen-bond acceptors (Lipinski definition) is 3. The van der Waals surface area contributed by atoms with Crippen LogP contribution in [0.25, 0.3) is 0 Å². The molecule has 1 aromatic carbocycles. The Bertz CT molecular complexity index is 704. The molecule has 22 heavy (non-hydrogen) atoms. The van der Waals surface area contributed by atoms with Crippen LogP contribution in [0.4, 0.5) is 4.39 Å². The summed E-state index contributed by atoms with van der Waals surface area (Å²) in [6.45, 7) is 3.11. The minimum Gasteiger partial charge on any atom is -0.345 e. The van der Waals surface area contributed by atoms with Gasteiger partial charge in [-0.3, -0.25) is 4.79 Å². The fourth-order valence-corrected chi connectivity index (χ4v) is 5.11. The Labute approximate surface area is 129 Å². The quantitative estimate of drug-likeness (QED) is 0.823. The highest BCUT2D eigenvalue weighted by Gasteiger charge is 2.56. The Hall–Kier alpha value is -1.47. The number of hydrogen-bond donors (Lipinski definition) is 0. The molecule has 7 heteroatoms. The molecule has 120 valence electrons.